The van der Waals surface area contributed by atoms with Gasteiger partial charge >= 0.3 is 0 Å². The van der Waals surface area contributed by atoms with Gasteiger partial charge in [0.25, 0.3) is 0 Å². The highest BCUT2D eigenvalue weighted by molar-refractivity contribution is 5.94. The molecule has 1 aliphatic rings. The molecule has 4 nitrogen and oxygen atoms in total. The Morgan fingerprint density at radius 1 is 1.45 bits per heavy atom. The zero-order valence-electron chi connectivity index (χ0n) is 11.6. The summed E-state index contributed by atoms with van der Waals surface area (Å²) in [5, 5.41) is 10.4. The molecule has 0 bridgehead atoms. The van der Waals surface area contributed by atoms with E-state index in [1.54, 1.807) is 6.20 Å². The molecule has 2 unspecified atom stereocenters. The first-order valence-corrected chi connectivity index (χ1v) is 6.99. The molecule has 0 spiro atoms. The SMILES string of the molecule is CC(N)C1CCN(c2c(C#N)cnc3ccccc23)C1. The summed E-state index contributed by atoms with van der Waals surface area (Å²) in [5.41, 5.74) is 8.62. The number of nitriles is 1. The summed E-state index contributed by atoms with van der Waals surface area (Å²) < 4.78 is 0. The average Bonchev–Trinajstić information content (AvgIpc) is 2.95. The van der Waals surface area contributed by atoms with Crippen molar-refractivity contribution in [2.24, 2.45) is 11.7 Å². The first-order valence-electron chi connectivity index (χ1n) is 6.99. The monoisotopic (exact) mass is 266 g/mol. The third-order valence-electron chi connectivity index (χ3n) is 4.15. The number of rotatable bonds is 2. The predicted molar refractivity (Wildman–Crippen MR) is 80.4 cm³/mol. The molecule has 2 N–H and O–H groups in total. The van der Waals surface area contributed by atoms with Crippen LogP contribution in [0.2, 0.25) is 0 Å². The van der Waals surface area contributed by atoms with Crippen molar-refractivity contribution in [1.82, 2.24) is 4.98 Å². The molecule has 0 amide bonds. The summed E-state index contributed by atoms with van der Waals surface area (Å²) in [7, 11) is 0. The highest BCUT2D eigenvalue weighted by atomic mass is 15.2. The minimum Gasteiger partial charge on any atom is -0.370 e. The smallest absolute Gasteiger partial charge is 0.103 e. The highest BCUT2D eigenvalue weighted by Crippen LogP contribution is 2.33. The van der Waals surface area contributed by atoms with Crippen LogP contribution in [0.5, 0.6) is 0 Å². The van der Waals surface area contributed by atoms with Gasteiger partial charge in [0.1, 0.15) is 6.07 Å². The number of hydrogen-bond acceptors (Lipinski definition) is 4. The molecule has 4 heteroatoms. The van der Waals surface area contributed by atoms with E-state index >= 15 is 0 Å². The van der Waals surface area contributed by atoms with E-state index in [-0.39, 0.29) is 6.04 Å². The first kappa shape index (κ1) is 12.9. The van der Waals surface area contributed by atoms with Crippen LogP contribution in [0, 0.1) is 17.2 Å². The van der Waals surface area contributed by atoms with Gasteiger partial charge in [0, 0.05) is 30.7 Å². The number of pyridine rings is 1. The lowest BCUT2D eigenvalue weighted by Crippen LogP contribution is -2.30. The zero-order chi connectivity index (χ0) is 14.1. The van der Waals surface area contributed by atoms with E-state index in [0.29, 0.717) is 11.5 Å². The molecule has 1 aliphatic heterocycles. The molecule has 1 saturated heterocycles. The standard InChI is InChI=1S/C16H18N4/c1-11(18)12-6-7-20(10-12)16-13(8-17)9-19-15-5-3-2-4-14(15)16/h2-5,9,11-12H,6-7,10,18H2,1H3. The van der Waals surface area contributed by atoms with Crippen LogP contribution < -0.4 is 10.6 Å². The number of aromatic nitrogens is 1. The van der Waals surface area contributed by atoms with Crippen LogP contribution in [-0.4, -0.2) is 24.1 Å². The van der Waals surface area contributed by atoms with Crippen molar-refractivity contribution in [3.63, 3.8) is 0 Å². The number of nitrogens with zero attached hydrogens (tertiary/aromatic N) is 3. The van der Waals surface area contributed by atoms with E-state index in [4.69, 9.17) is 5.73 Å². The van der Waals surface area contributed by atoms with E-state index in [1.807, 2.05) is 24.3 Å². The normalized spacial score (nSPS) is 20.1. The van der Waals surface area contributed by atoms with Gasteiger partial charge in [-0.3, -0.25) is 4.98 Å². The summed E-state index contributed by atoms with van der Waals surface area (Å²) in [5.74, 6) is 0.494. The van der Waals surface area contributed by atoms with Crippen molar-refractivity contribution >= 4 is 16.6 Å². The molecule has 0 radical (unpaired) electrons. The second-order valence-electron chi connectivity index (χ2n) is 5.50. The Balaban J connectivity index is 2.08. The molecule has 1 aromatic heterocycles. The van der Waals surface area contributed by atoms with Crippen LogP contribution in [0.25, 0.3) is 10.9 Å². The maximum absolute atomic E-state index is 9.37. The Labute approximate surface area is 118 Å². The van der Waals surface area contributed by atoms with Crippen molar-refractivity contribution in [3.8, 4) is 6.07 Å². The number of para-hydroxylation sites is 1. The van der Waals surface area contributed by atoms with Crippen molar-refractivity contribution in [1.29, 1.82) is 5.26 Å². The summed E-state index contributed by atoms with van der Waals surface area (Å²) in [4.78, 5) is 6.65. The van der Waals surface area contributed by atoms with Crippen LogP contribution in [0.15, 0.2) is 30.5 Å². The van der Waals surface area contributed by atoms with E-state index < -0.39 is 0 Å². The minimum atomic E-state index is 0.193. The van der Waals surface area contributed by atoms with Gasteiger partial charge in [0.05, 0.1) is 16.8 Å². The highest BCUT2D eigenvalue weighted by Gasteiger charge is 2.27. The van der Waals surface area contributed by atoms with Crippen LogP contribution in [0.1, 0.15) is 18.9 Å². The molecule has 0 aliphatic carbocycles. The molecule has 1 aromatic carbocycles. The Hall–Kier alpha value is -2.12. The molecular weight excluding hydrogens is 248 g/mol. The van der Waals surface area contributed by atoms with Gasteiger partial charge < -0.3 is 10.6 Å². The maximum atomic E-state index is 9.37. The van der Waals surface area contributed by atoms with E-state index in [1.165, 1.54) is 0 Å². The predicted octanol–water partition coefficient (Wildman–Crippen LogP) is 2.28. The van der Waals surface area contributed by atoms with Gasteiger partial charge in [0.2, 0.25) is 0 Å². The fraction of sp³-hybridized carbons (Fsp3) is 0.375. The van der Waals surface area contributed by atoms with Gasteiger partial charge in [-0.1, -0.05) is 18.2 Å². The molecular formula is C16H18N4. The van der Waals surface area contributed by atoms with Crippen LogP contribution in [0.4, 0.5) is 5.69 Å². The molecule has 2 atom stereocenters. The molecule has 3 rings (SSSR count). The number of fused-ring (bicyclic) bond motifs is 1. The Morgan fingerprint density at radius 2 is 2.25 bits per heavy atom. The third-order valence-corrected chi connectivity index (χ3v) is 4.15. The largest absolute Gasteiger partial charge is 0.370 e. The fourth-order valence-corrected chi connectivity index (χ4v) is 2.97. The number of hydrogen-bond donors (Lipinski definition) is 1. The number of anilines is 1. The lowest BCUT2D eigenvalue weighted by atomic mass is 10.0. The topological polar surface area (TPSA) is 65.9 Å². The zero-order valence-corrected chi connectivity index (χ0v) is 11.6. The van der Waals surface area contributed by atoms with Crippen molar-refractivity contribution in [3.05, 3.63) is 36.0 Å². The summed E-state index contributed by atoms with van der Waals surface area (Å²) >= 11 is 0. The Bertz CT molecular complexity index is 672. The summed E-state index contributed by atoms with van der Waals surface area (Å²) in [6, 6.07) is 10.5. The average molecular weight is 266 g/mol. The van der Waals surface area contributed by atoms with E-state index in [2.05, 4.69) is 22.9 Å². The molecule has 102 valence electrons. The van der Waals surface area contributed by atoms with Crippen LogP contribution in [0.3, 0.4) is 0 Å². The molecule has 2 aromatic rings. The van der Waals surface area contributed by atoms with Gasteiger partial charge in [-0.15, -0.1) is 0 Å². The van der Waals surface area contributed by atoms with Crippen molar-refractivity contribution < 1.29 is 0 Å². The molecule has 20 heavy (non-hydrogen) atoms. The van der Waals surface area contributed by atoms with Crippen molar-refractivity contribution in [2.45, 2.75) is 19.4 Å². The minimum absolute atomic E-state index is 0.193. The van der Waals surface area contributed by atoms with E-state index in [0.717, 1.165) is 36.1 Å². The van der Waals surface area contributed by atoms with Crippen LogP contribution >= 0.6 is 0 Å². The fourth-order valence-electron chi connectivity index (χ4n) is 2.97. The first-order chi connectivity index (χ1) is 9.70. The van der Waals surface area contributed by atoms with E-state index in [9.17, 15) is 5.26 Å². The second kappa shape index (κ2) is 5.10. The van der Waals surface area contributed by atoms with Gasteiger partial charge in [-0.2, -0.15) is 5.26 Å². The molecule has 0 saturated carbocycles. The van der Waals surface area contributed by atoms with Gasteiger partial charge in [-0.25, -0.2) is 0 Å². The number of nitrogens with two attached hydrogens (primary N) is 1. The quantitative estimate of drug-likeness (QED) is 0.905. The third kappa shape index (κ3) is 2.10. The lowest BCUT2D eigenvalue weighted by molar-refractivity contribution is 0.488. The van der Waals surface area contributed by atoms with Crippen LogP contribution in [-0.2, 0) is 0 Å². The molecule has 2 heterocycles. The summed E-state index contributed by atoms with van der Waals surface area (Å²) in [6.45, 7) is 3.93. The summed E-state index contributed by atoms with van der Waals surface area (Å²) in [6.07, 6.45) is 2.76. The Morgan fingerprint density at radius 3 is 2.95 bits per heavy atom. The molecule has 1 fully saturated rings. The number of benzene rings is 1. The second-order valence-corrected chi connectivity index (χ2v) is 5.50. The van der Waals surface area contributed by atoms with Crippen molar-refractivity contribution in [2.75, 3.05) is 18.0 Å². The van der Waals surface area contributed by atoms with Gasteiger partial charge in [-0.05, 0) is 25.3 Å². The maximum Gasteiger partial charge on any atom is 0.103 e. The lowest BCUT2D eigenvalue weighted by Gasteiger charge is -2.22. The van der Waals surface area contributed by atoms with Gasteiger partial charge in [0.15, 0.2) is 0 Å². The Kier molecular flexibility index (Phi) is 3.29.